The molecule has 1 unspecified atom stereocenters. The predicted molar refractivity (Wildman–Crippen MR) is 84.9 cm³/mol. The molecule has 0 spiro atoms. The molecule has 0 amide bonds. The normalized spacial score (nSPS) is 16.8. The van der Waals surface area contributed by atoms with Crippen LogP contribution in [0.15, 0.2) is 47.3 Å². The molecule has 22 heavy (non-hydrogen) atoms. The zero-order valence-corrected chi connectivity index (χ0v) is 12.6. The van der Waals surface area contributed by atoms with Crippen LogP contribution in [0.4, 0.5) is 0 Å². The first-order valence-corrected chi connectivity index (χ1v) is 7.22. The van der Waals surface area contributed by atoms with Crippen molar-refractivity contribution >= 4 is 23.5 Å². The summed E-state index contributed by atoms with van der Waals surface area (Å²) < 4.78 is 5.51. The molecule has 0 bridgehead atoms. The van der Waals surface area contributed by atoms with Crippen LogP contribution in [-0.2, 0) is 4.74 Å². The van der Waals surface area contributed by atoms with Crippen LogP contribution in [0.1, 0.15) is 16.7 Å². The molecule has 1 aliphatic rings. The first-order chi connectivity index (χ1) is 10.6. The van der Waals surface area contributed by atoms with Crippen LogP contribution < -0.4 is 0 Å². The van der Waals surface area contributed by atoms with Crippen molar-refractivity contribution in [1.82, 2.24) is 0 Å². The molecule has 2 rings (SSSR count). The summed E-state index contributed by atoms with van der Waals surface area (Å²) >= 11 is 1.57. The second-order valence-corrected chi connectivity index (χ2v) is 5.55. The highest BCUT2D eigenvalue weighted by molar-refractivity contribution is 7.13. The number of hydrogen-bond donors (Lipinski definition) is 0. The lowest BCUT2D eigenvalue weighted by molar-refractivity contribution is 0.191. The second kappa shape index (κ2) is 6.59. The van der Waals surface area contributed by atoms with Gasteiger partial charge in [0, 0.05) is 15.3 Å². The molecule has 0 fully saturated rings. The maximum Gasteiger partial charge on any atom is 0.172 e. The minimum absolute atomic E-state index is 0.0672. The van der Waals surface area contributed by atoms with Crippen molar-refractivity contribution in [2.45, 2.75) is 13.0 Å². The molecule has 0 saturated carbocycles. The highest BCUT2D eigenvalue weighted by Crippen LogP contribution is 2.33. The van der Waals surface area contributed by atoms with E-state index < -0.39 is 0 Å². The predicted octanol–water partition coefficient (Wildman–Crippen LogP) is 3.94. The molecule has 5 heteroatoms. The van der Waals surface area contributed by atoms with Crippen LogP contribution in [0.25, 0.3) is 12.2 Å². The molecule has 4 nitrogen and oxygen atoms in total. The molecule has 0 saturated heterocycles. The van der Waals surface area contributed by atoms with Crippen molar-refractivity contribution in [3.05, 3.63) is 57.0 Å². The monoisotopic (exact) mass is 305 g/mol. The zero-order valence-electron chi connectivity index (χ0n) is 11.8. The molecule has 0 aromatic carbocycles. The third kappa shape index (κ3) is 2.83. The van der Waals surface area contributed by atoms with Crippen LogP contribution in [0.2, 0.25) is 0 Å². The van der Waals surface area contributed by atoms with E-state index in [4.69, 9.17) is 15.3 Å². The van der Waals surface area contributed by atoms with Crippen LogP contribution in [0.3, 0.4) is 0 Å². The molecule has 1 aromatic rings. The maximum atomic E-state index is 9.32. The van der Waals surface area contributed by atoms with E-state index in [-0.39, 0.29) is 23.0 Å². The van der Waals surface area contributed by atoms with Gasteiger partial charge in [0.05, 0.1) is 0 Å². The van der Waals surface area contributed by atoms with E-state index in [0.29, 0.717) is 5.57 Å². The molecule has 0 radical (unpaired) electrons. The molecule has 0 aliphatic carbocycles. The lowest BCUT2D eigenvalue weighted by Gasteiger charge is -2.05. The third-order valence-electron chi connectivity index (χ3n) is 3.09. The van der Waals surface area contributed by atoms with Crippen LogP contribution in [0.5, 0.6) is 0 Å². The Hall–Kier alpha value is -3.07. The smallest absolute Gasteiger partial charge is 0.172 e. The van der Waals surface area contributed by atoms with Crippen LogP contribution in [-0.4, -0.2) is 6.10 Å². The van der Waals surface area contributed by atoms with Gasteiger partial charge < -0.3 is 4.74 Å². The van der Waals surface area contributed by atoms with E-state index in [1.54, 1.807) is 42.6 Å². The fraction of sp³-hybridized carbons (Fsp3) is 0.118. The van der Waals surface area contributed by atoms with Crippen LogP contribution in [0, 0.1) is 34.0 Å². The Morgan fingerprint density at radius 2 is 1.91 bits per heavy atom. The number of nitriles is 3. The maximum absolute atomic E-state index is 9.32. The fourth-order valence-corrected chi connectivity index (χ4v) is 2.78. The van der Waals surface area contributed by atoms with Crippen molar-refractivity contribution in [2.75, 3.05) is 0 Å². The Morgan fingerprint density at radius 3 is 2.45 bits per heavy atom. The summed E-state index contributed by atoms with van der Waals surface area (Å²) in [5.74, 6) is 0.0672. The average Bonchev–Trinajstić information content (AvgIpc) is 3.11. The number of allylic oxidation sites excluding steroid dienone is 2. The highest BCUT2D eigenvalue weighted by atomic mass is 32.1. The van der Waals surface area contributed by atoms with Gasteiger partial charge in [-0.1, -0.05) is 18.7 Å². The van der Waals surface area contributed by atoms with Gasteiger partial charge in [-0.25, -0.2) is 0 Å². The van der Waals surface area contributed by atoms with Gasteiger partial charge in [-0.05, 0) is 25.1 Å². The Labute approximate surface area is 132 Å². The van der Waals surface area contributed by atoms with E-state index in [2.05, 4.69) is 6.58 Å². The van der Waals surface area contributed by atoms with Gasteiger partial charge in [0.25, 0.3) is 0 Å². The molecular weight excluding hydrogens is 294 g/mol. The summed E-state index contributed by atoms with van der Waals surface area (Å²) in [4.78, 5) is 2.08. The summed E-state index contributed by atoms with van der Waals surface area (Å²) in [5, 5.41) is 27.2. The number of ether oxygens (including phenoxy) is 1. The molecule has 1 atom stereocenters. The zero-order chi connectivity index (χ0) is 16.1. The SMILES string of the molecule is C=Cc1ccc(/C=C/C2=C(C#N)C(=C(C#N)C#N)OC2C)s1. The quantitative estimate of drug-likeness (QED) is 0.792. The summed E-state index contributed by atoms with van der Waals surface area (Å²) in [6, 6.07) is 9.46. The van der Waals surface area contributed by atoms with Crippen molar-refractivity contribution < 1.29 is 4.74 Å². The van der Waals surface area contributed by atoms with Gasteiger partial charge in [-0.3, -0.25) is 0 Å². The van der Waals surface area contributed by atoms with E-state index in [0.717, 1.165) is 9.75 Å². The van der Waals surface area contributed by atoms with Gasteiger partial charge in [0.2, 0.25) is 0 Å². The van der Waals surface area contributed by atoms with Gasteiger partial charge in [0.1, 0.15) is 29.9 Å². The Kier molecular flexibility index (Phi) is 4.59. The van der Waals surface area contributed by atoms with Crippen molar-refractivity contribution in [3.63, 3.8) is 0 Å². The first-order valence-electron chi connectivity index (χ1n) is 6.40. The summed E-state index contributed by atoms with van der Waals surface area (Å²) in [7, 11) is 0. The summed E-state index contributed by atoms with van der Waals surface area (Å²) in [6.45, 7) is 5.49. The lowest BCUT2D eigenvalue weighted by atomic mass is 10.0. The first kappa shape index (κ1) is 15.3. The van der Waals surface area contributed by atoms with Gasteiger partial charge in [0.15, 0.2) is 11.3 Å². The van der Waals surface area contributed by atoms with E-state index in [9.17, 15) is 5.26 Å². The second-order valence-electron chi connectivity index (χ2n) is 4.41. The molecule has 1 aliphatic heterocycles. The van der Waals surface area contributed by atoms with E-state index in [1.807, 2.05) is 24.3 Å². The van der Waals surface area contributed by atoms with Gasteiger partial charge in [-0.2, -0.15) is 15.8 Å². The highest BCUT2D eigenvalue weighted by Gasteiger charge is 2.29. The van der Waals surface area contributed by atoms with E-state index in [1.165, 1.54) is 0 Å². The molecular formula is C17H11N3OS. The summed E-state index contributed by atoms with van der Waals surface area (Å²) in [5.41, 5.74) is 0.716. The van der Waals surface area contributed by atoms with Gasteiger partial charge in [-0.15, -0.1) is 11.3 Å². The number of hydrogen-bond acceptors (Lipinski definition) is 5. The number of thiophene rings is 1. The summed E-state index contributed by atoms with van der Waals surface area (Å²) in [6.07, 6.45) is 5.07. The number of rotatable bonds is 3. The molecule has 2 heterocycles. The fourth-order valence-electron chi connectivity index (χ4n) is 2.02. The van der Waals surface area contributed by atoms with Gasteiger partial charge >= 0.3 is 0 Å². The van der Waals surface area contributed by atoms with Crippen molar-refractivity contribution in [2.24, 2.45) is 0 Å². The Bertz CT molecular complexity index is 818. The Balaban J connectivity index is 2.44. The standard InChI is InChI=1S/C17H11N3OS/c1-3-13-4-5-14(22-13)6-7-15-11(2)21-17(16(15)10-20)12(8-18)9-19/h3-7,11H,1H2,2H3/b7-6+. The van der Waals surface area contributed by atoms with Crippen molar-refractivity contribution in [1.29, 1.82) is 15.8 Å². The largest absolute Gasteiger partial charge is 0.482 e. The number of nitrogens with zero attached hydrogens (tertiary/aromatic N) is 3. The van der Waals surface area contributed by atoms with E-state index >= 15 is 0 Å². The average molecular weight is 305 g/mol. The van der Waals surface area contributed by atoms with Crippen molar-refractivity contribution in [3.8, 4) is 18.2 Å². The minimum atomic E-state index is -0.378. The molecule has 106 valence electrons. The molecule has 1 aromatic heterocycles. The minimum Gasteiger partial charge on any atom is -0.482 e. The Morgan fingerprint density at radius 1 is 1.23 bits per heavy atom. The topological polar surface area (TPSA) is 80.6 Å². The third-order valence-corrected chi connectivity index (χ3v) is 4.13. The lowest BCUT2D eigenvalue weighted by Crippen LogP contribution is -2.01. The van der Waals surface area contributed by atoms with Crippen LogP contribution >= 0.6 is 11.3 Å². The molecule has 0 N–H and O–H groups in total.